The first-order valence-corrected chi connectivity index (χ1v) is 6.93. The van der Waals surface area contributed by atoms with Crippen molar-refractivity contribution in [2.75, 3.05) is 26.2 Å². The number of carbonyl (C=O) groups excluding carboxylic acids is 1. The maximum atomic E-state index is 11.0. The van der Waals surface area contributed by atoms with Crippen LogP contribution in [0.3, 0.4) is 0 Å². The summed E-state index contributed by atoms with van der Waals surface area (Å²) in [7, 11) is 0. The van der Waals surface area contributed by atoms with Gasteiger partial charge in [0.15, 0.2) is 0 Å². The van der Waals surface area contributed by atoms with E-state index in [0.717, 1.165) is 24.2 Å². The van der Waals surface area contributed by atoms with Crippen molar-refractivity contribution in [1.29, 1.82) is 0 Å². The minimum absolute atomic E-state index is 0.123. The molecule has 1 rings (SSSR count). The van der Waals surface area contributed by atoms with Crippen molar-refractivity contribution in [1.82, 2.24) is 10.2 Å². The molecule has 1 aromatic carbocycles. The molecule has 3 N–H and O–H groups in total. The van der Waals surface area contributed by atoms with Gasteiger partial charge in [-0.3, -0.25) is 15.0 Å². The zero-order valence-electron chi connectivity index (χ0n) is 12.2. The Morgan fingerprint density at radius 3 is 2.52 bits per heavy atom. The monoisotopic (exact) mass is 294 g/mol. The van der Waals surface area contributed by atoms with Crippen molar-refractivity contribution in [2.24, 2.45) is 0 Å². The number of likely N-dealkylation sites (N-methyl/N-ethyl adjacent to an activating group) is 1. The summed E-state index contributed by atoms with van der Waals surface area (Å²) in [5.74, 6) is -0.999. The molecule has 0 amide bonds. The summed E-state index contributed by atoms with van der Waals surface area (Å²) in [6.07, 6.45) is 0.696. The van der Waals surface area contributed by atoms with Crippen LogP contribution in [0.1, 0.15) is 24.1 Å². The number of hydrogen-bond acceptors (Lipinski definition) is 5. The number of hydrogen-bond donors (Lipinski definition) is 3. The van der Waals surface area contributed by atoms with Crippen LogP contribution >= 0.6 is 0 Å². The summed E-state index contributed by atoms with van der Waals surface area (Å²) in [6.45, 7) is 4.09. The van der Waals surface area contributed by atoms with Gasteiger partial charge in [-0.2, -0.15) is 0 Å². The summed E-state index contributed by atoms with van der Waals surface area (Å²) in [5.41, 5.74) is 1.82. The van der Waals surface area contributed by atoms with E-state index in [0.29, 0.717) is 12.8 Å². The first kappa shape index (κ1) is 17.3. The maximum absolute atomic E-state index is 11.0. The minimum Gasteiger partial charge on any atom is -0.480 e. The van der Waals surface area contributed by atoms with Crippen LogP contribution < -0.4 is 5.32 Å². The zero-order valence-corrected chi connectivity index (χ0v) is 12.2. The van der Waals surface area contributed by atoms with E-state index in [-0.39, 0.29) is 13.2 Å². The van der Waals surface area contributed by atoms with E-state index in [1.807, 2.05) is 31.2 Å². The second-order valence-electron chi connectivity index (χ2n) is 4.72. The average molecular weight is 294 g/mol. The SMILES string of the molecule is CCN(CCO)Cc1ccc(C(C=O)NCC(=O)O)cc1. The van der Waals surface area contributed by atoms with Crippen molar-refractivity contribution in [3.8, 4) is 0 Å². The number of benzene rings is 1. The molecule has 6 nitrogen and oxygen atoms in total. The van der Waals surface area contributed by atoms with Crippen LogP contribution in [0.5, 0.6) is 0 Å². The van der Waals surface area contributed by atoms with Gasteiger partial charge in [-0.15, -0.1) is 0 Å². The first-order chi connectivity index (χ1) is 10.1. The normalized spacial score (nSPS) is 12.3. The lowest BCUT2D eigenvalue weighted by Gasteiger charge is -2.19. The van der Waals surface area contributed by atoms with Crippen LogP contribution in [-0.4, -0.2) is 53.6 Å². The molecule has 0 radical (unpaired) electrons. The highest BCUT2D eigenvalue weighted by molar-refractivity contribution is 5.70. The van der Waals surface area contributed by atoms with E-state index < -0.39 is 12.0 Å². The highest BCUT2D eigenvalue weighted by Crippen LogP contribution is 2.13. The van der Waals surface area contributed by atoms with Crippen molar-refractivity contribution in [3.05, 3.63) is 35.4 Å². The van der Waals surface area contributed by atoms with E-state index in [2.05, 4.69) is 10.2 Å². The third kappa shape index (κ3) is 6.03. The Labute approximate surface area is 124 Å². The third-order valence-electron chi connectivity index (χ3n) is 3.22. The minimum atomic E-state index is -0.999. The van der Waals surface area contributed by atoms with Crippen LogP contribution in [-0.2, 0) is 16.1 Å². The predicted octanol–water partition coefficient (Wildman–Crippen LogP) is 0.415. The lowest BCUT2D eigenvalue weighted by Crippen LogP contribution is -2.28. The highest BCUT2D eigenvalue weighted by atomic mass is 16.4. The number of aliphatic carboxylic acids is 1. The van der Waals surface area contributed by atoms with Crippen molar-refractivity contribution < 1.29 is 19.8 Å². The van der Waals surface area contributed by atoms with Gasteiger partial charge in [-0.05, 0) is 17.7 Å². The summed E-state index contributed by atoms with van der Waals surface area (Å²) in [4.78, 5) is 23.6. The van der Waals surface area contributed by atoms with Crippen LogP contribution in [0, 0.1) is 0 Å². The molecular weight excluding hydrogens is 272 g/mol. The number of carbonyl (C=O) groups is 2. The number of aliphatic hydroxyl groups excluding tert-OH is 1. The van der Waals surface area contributed by atoms with Gasteiger partial charge in [0.1, 0.15) is 6.29 Å². The van der Waals surface area contributed by atoms with Gasteiger partial charge in [0.05, 0.1) is 19.2 Å². The first-order valence-electron chi connectivity index (χ1n) is 6.93. The molecule has 1 unspecified atom stereocenters. The van der Waals surface area contributed by atoms with E-state index >= 15 is 0 Å². The second kappa shape index (κ2) is 9.23. The Kier molecular flexibility index (Phi) is 7.60. The van der Waals surface area contributed by atoms with Gasteiger partial charge in [-0.25, -0.2) is 0 Å². The Bertz CT molecular complexity index is 447. The van der Waals surface area contributed by atoms with Crippen molar-refractivity contribution in [2.45, 2.75) is 19.5 Å². The molecule has 0 heterocycles. The van der Waals surface area contributed by atoms with E-state index in [4.69, 9.17) is 10.2 Å². The molecule has 21 heavy (non-hydrogen) atoms. The molecule has 0 saturated carbocycles. The van der Waals surface area contributed by atoms with E-state index in [9.17, 15) is 9.59 Å². The van der Waals surface area contributed by atoms with Crippen molar-refractivity contribution >= 4 is 12.3 Å². The molecule has 0 aliphatic carbocycles. The number of nitrogens with zero attached hydrogens (tertiary/aromatic N) is 1. The molecule has 0 aromatic heterocycles. The largest absolute Gasteiger partial charge is 0.480 e. The van der Waals surface area contributed by atoms with Crippen molar-refractivity contribution in [3.63, 3.8) is 0 Å². The smallest absolute Gasteiger partial charge is 0.317 e. The number of rotatable bonds is 10. The molecule has 0 saturated heterocycles. The predicted molar refractivity (Wildman–Crippen MR) is 78.9 cm³/mol. The summed E-state index contributed by atoms with van der Waals surface area (Å²) in [6, 6.07) is 6.84. The molecule has 0 bridgehead atoms. The number of carboxylic acid groups (broad SMARTS) is 1. The Hall–Kier alpha value is -1.76. The summed E-state index contributed by atoms with van der Waals surface area (Å²) < 4.78 is 0. The fourth-order valence-electron chi connectivity index (χ4n) is 2.02. The van der Waals surface area contributed by atoms with Gasteiger partial charge in [-0.1, -0.05) is 31.2 Å². The van der Waals surface area contributed by atoms with Gasteiger partial charge < -0.3 is 15.0 Å². The Morgan fingerprint density at radius 2 is 2.05 bits per heavy atom. The number of aldehydes is 1. The molecule has 1 aromatic rings. The number of nitrogens with one attached hydrogen (secondary N) is 1. The fraction of sp³-hybridized carbons (Fsp3) is 0.467. The van der Waals surface area contributed by atoms with E-state index in [1.54, 1.807) is 0 Å². The Morgan fingerprint density at radius 1 is 1.38 bits per heavy atom. The summed E-state index contributed by atoms with van der Waals surface area (Å²) in [5, 5.41) is 20.2. The topological polar surface area (TPSA) is 89.9 Å². The standard InChI is InChI=1S/C15H22N2O4/c1-2-17(7-8-18)10-12-3-5-13(6-4-12)14(11-19)16-9-15(20)21/h3-6,11,14,16,18H,2,7-10H2,1H3,(H,20,21). The molecule has 0 fully saturated rings. The van der Waals surface area contributed by atoms with Gasteiger partial charge in [0, 0.05) is 13.1 Å². The van der Waals surface area contributed by atoms with E-state index in [1.165, 1.54) is 0 Å². The molecule has 0 aliphatic heterocycles. The second-order valence-corrected chi connectivity index (χ2v) is 4.72. The van der Waals surface area contributed by atoms with Gasteiger partial charge >= 0.3 is 5.97 Å². The molecular formula is C15H22N2O4. The number of aliphatic hydroxyl groups is 1. The lowest BCUT2D eigenvalue weighted by molar-refractivity contribution is -0.136. The average Bonchev–Trinajstić information content (AvgIpc) is 2.48. The van der Waals surface area contributed by atoms with Crippen LogP contribution in [0.25, 0.3) is 0 Å². The van der Waals surface area contributed by atoms with Crippen LogP contribution in [0.15, 0.2) is 24.3 Å². The molecule has 0 spiro atoms. The van der Waals surface area contributed by atoms with Crippen LogP contribution in [0.4, 0.5) is 0 Å². The molecule has 0 aliphatic rings. The fourth-order valence-corrected chi connectivity index (χ4v) is 2.02. The molecule has 6 heteroatoms. The maximum Gasteiger partial charge on any atom is 0.317 e. The third-order valence-corrected chi connectivity index (χ3v) is 3.22. The molecule has 116 valence electrons. The van der Waals surface area contributed by atoms with Gasteiger partial charge in [0.25, 0.3) is 0 Å². The number of carboxylic acids is 1. The summed E-state index contributed by atoms with van der Waals surface area (Å²) >= 11 is 0. The quantitative estimate of drug-likeness (QED) is 0.542. The Balaban J connectivity index is 2.66. The highest BCUT2D eigenvalue weighted by Gasteiger charge is 2.11. The van der Waals surface area contributed by atoms with Gasteiger partial charge in [0.2, 0.25) is 0 Å². The zero-order chi connectivity index (χ0) is 15.7. The lowest BCUT2D eigenvalue weighted by atomic mass is 10.1. The molecule has 1 atom stereocenters. The van der Waals surface area contributed by atoms with Crippen LogP contribution in [0.2, 0.25) is 0 Å².